The molecule has 0 aromatic heterocycles. The van der Waals surface area contributed by atoms with Crippen molar-refractivity contribution in [3.05, 3.63) is 0 Å². The number of hydrogen-bond donors (Lipinski definition) is 0. The maximum absolute atomic E-state index is 3.14. The van der Waals surface area contributed by atoms with Gasteiger partial charge in [-0.2, -0.15) is 0 Å². The van der Waals surface area contributed by atoms with Crippen LogP contribution in [0.2, 0.25) is 0 Å². The first-order valence-electron chi connectivity index (χ1n) is 45.9. The molecule has 0 bridgehead atoms. The van der Waals surface area contributed by atoms with Crippen molar-refractivity contribution in [2.45, 2.75) is 518 Å². The highest BCUT2D eigenvalue weighted by atomic mass is 14.8. The van der Waals surface area contributed by atoms with Crippen LogP contribution in [0.4, 0.5) is 0 Å². The fraction of sp³-hybridized carbons (Fsp3) is 1.00. The summed E-state index contributed by atoms with van der Waals surface area (Å²) in [6.45, 7) is 58.6. The van der Waals surface area contributed by atoms with Crippen molar-refractivity contribution in [3.63, 3.8) is 0 Å². The van der Waals surface area contributed by atoms with Crippen LogP contribution in [0.5, 0.6) is 0 Å². The highest BCUT2D eigenvalue weighted by molar-refractivity contribution is 5.20. The zero-order valence-corrected chi connectivity index (χ0v) is 71.2. The molecule has 0 aromatic rings. The van der Waals surface area contributed by atoms with Crippen LogP contribution in [0.3, 0.4) is 0 Å². The molecule has 0 heteroatoms. The van der Waals surface area contributed by atoms with Crippen molar-refractivity contribution < 1.29 is 0 Å². The maximum atomic E-state index is 3.14. The molecule has 0 heterocycles. The molecule has 0 N–H and O–H groups in total. The van der Waals surface area contributed by atoms with Crippen molar-refractivity contribution in [2.75, 3.05) is 0 Å². The van der Waals surface area contributed by atoms with Gasteiger partial charge in [0.15, 0.2) is 0 Å². The first-order valence-corrected chi connectivity index (χ1v) is 45.9. The van der Waals surface area contributed by atoms with Gasteiger partial charge in [0, 0.05) is 0 Å². The molecule has 0 saturated carbocycles. The van der Waals surface area contributed by atoms with Crippen molar-refractivity contribution in [2.24, 2.45) is 92.7 Å². The lowest BCUT2D eigenvalue weighted by molar-refractivity contribution is -0.261. The van der Waals surface area contributed by atoms with Crippen molar-refractivity contribution in [3.8, 4) is 0 Å². The van der Waals surface area contributed by atoms with Gasteiger partial charge in [-0.15, -0.1) is 0 Å². The average molecular weight is 1330 g/mol. The molecule has 15 unspecified atom stereocenters. The summed E-state index contributed by atoms with van der Waals surface area (Å²) in [5.41, 5.74) is 0.873. The monoisotopic (exact) mass is 1330 g/mol. The fourth-order valence-electron chi connectivity index (χ4n) is 22.3. The van der Waals surface area contributed by atoms with Gasteiger partial charge in [-0.3, -0.25) is 0 Å². The van der Waals surface area contributed by atoms with Crippen LogP contribution in [0.15, 0.2) is 0 Å². The van der Waals surface area contributed by atoms with E-state index in [0.29, 0.717) is 11.8 Å². The Morgan fingerprint density at radius 3 is 1.04 bits per heavy atom. The molecule has 0 fully saturated rings. The van der Waals surface area contributed by atoms with E-state index in [9.17, 15) is 0 Å². The maximum Gasteiger partial charge on any atom is -0.0169 e. The fourth-order valence-corrected chi connectivity index (χ4v) is 22.3. The van der Waals surface area contributed by atoms with Crippen molar-refractivity contribution >= 4 is 0 Å². The second-order valence-corrected chi connectivity index (χ2v) is 35.9. The SMILES string of the molecule is CCCCCC(CCC)CC(CCCCC(C)C)C(CCC)(CCCC(C)CC)C(CCC(C)CCC)(CC(CCC)CCCCC)C(CC(C)CCCC)(CC(CCC)CCCCC)C(CC(CCC)CCCCC)(C(C)CCCCC)C(C)CC(CCC)CCCCC. The molecule has 95 heavy (non-hydrogen) atoms. The quantitative estimate of drug-likeness (QED) is 0.0533. The van der Waals surface area contributed by atoms with Gasteiger partial charge in [0.2, 0.25) is 0 Å². The number of unbranched alkanes of at least 4 members (excludes halogenated alkanes) is 14. The van der Waals surface area contributed by atoms with E-state index in [2.05, 4.69) is 152 Å². The van der Waals surface area contributed by atoms with E-state index in [0.717, 1.165) is 59.2 Å². The van der Waals surface area contributed by atoms with E-state index in [1.54, 1.807) is 12.8 Å². The standard InChI is InChI=1S/C95H192/c1-23-38-45-63-84(21)95(79-90(59-35-13)68-50-43-28-6,85(22)74-86(55-31-9)64-46-39-24-2)94(76-83(20)61-44-29-7,78-89(58-34-12)67-49-42-27-5)93(73-70-82(19)54-30-8,77-88(57-33-11)66-48-41-26-4)92(71-36-14,72-53-62-81(18)37-15)91(69-52-51-60-80(16)17)75-87(56-32-10)65-47-40-25-3/h80-91H,23-79H2,1-22H3. The van der Waals surface area contributed by atoms with E-state index in [1.165, 1.54) is 353 Å². The Morgan fingerprint density at radius 2 is 0.611 bits per heavy atom. The Labute approximate surface area is 607 Å². The van der Waals surface area contributed by atoms with E-state index in [4.69, 9.17) is 0 Å². The van der Waals surface area contributed by atoms with Gasteiger partial charge < -0.3 is 0 Å². The molecule has 0 saturated heterocycles. The second-order valence-electron chi connectivity index (χ2n) is 35.9. The van der Waals surface area contributed by atoms with Gasteiger partial charge in [-0.25, -0.2) is 0 Å². The molecule has 0 nitrogen and oxygen atoms in total. The second kappa shape index (κ2) is 59.4. The van der Waals surface area contributed by atoms with E-state index < -0.39 is 0 Å². The van der Waals surface area contributed by atoms with E-state index >= 15 is 0 Å². The molecular formula is C95H192. The molecular weight excluding hydrogens is 1140 g/mol. The summed E-state index contributed by atoms with van der Waals surface area (Å²) < 4.78 is 0. The largest absolute Gasteiger partial charge is 0.0654 e. The third-order valence-electron chi connectivity index (χ3n) is 27.2. The lowest BCUT2D eigenvalue weighted by Crippen LogP contribution is -2.67. The van der Waals surface area contributed by atoms with Gasteiger partial charge in [0.05, 0.1) is 0 Å². The lowest BCUT2D eigenvalue weighted by Gasteiger charge is -2.74. The number of hydrogen-bond acceptors (Lipinski definition) is 0. The summed E-state index contributed by atoms with van der Waals surface area (Å²) in [5.74, 6) is 9.34. The van der Waals surface area contributed by atoms with Gasteiger partial charge >= 0.3 is 0 Å². The zero-order chi connectivity index (χ0) is 71.2. The van der Waals surface area contributed by atoms with E-state index in [1.807, 2.05) is 0 Å². The van der Waals surface area contributed by atoms with Crippen LogP contribution in [-0.4, -0.2) is 0 Å². The summed E-state index contributed by atoms with van der Waals surface area (Å²) in [6.07, 6.45) is 81.7. The highest BCUT2D eigenvalue weighted by Gasteiger charge is 2.71. The molecule has 15 atom stereocenters. The minimum atomic E-state index is 0.189. The third-order valence-corrected chi connectivity index (χ3v) is 27.2. The van der Waals surface area contributed by atoms with Gasteiger partial charge in [-0.1, -0.05) is 454 Å². The zero-order valence-electron chi connectivity index (χ0n) is 71.2. The van der Waals surface area contributed by atoms with Crippen LogP contribution in [0.1, 0.15) is 518 Å². The van der Waals surface area contributed by atoms with Crippen LogP contribution < -0.4 is 0 Å². The van der Waals surface area contributed by atoms with Crippen LogP contribution in [0.25, 0.3) is 0 Å². The molecule has 0 rings (SSSR count). The minimum absolute atomic E-state index is 0.189. The van der Waals surface area contributed by atoms with Crippen molar-refractivity contribution in [1.29, 1.82) is 0 Å². The summed E-state index contributed by atoms with van der Waals surface area (Å²) in [7, 11) is 0. The van der Waals surface area contributed by atoms with Crippen LogP contribution in [-0.2, 0) is 0 Å². The molecule has 0 amide bonds. The summed E-state index contributed by atoms with van der Waals surface area (Å²) in [5, 5.41) is 0. The smallest absolute Gasteiger partial charge is 0.0169 e. The number of rotatable bonds is 72. The molecule has 0 aliphatic heterocycles. The van der Waals surface area contributed by atoms with Crippen molar-refractivity contribution in [1.82, 2.24) is 0 Å². The summed E-state index contributed by atoms with van der Waals surface area (Å²) in [4.78, 5) is 0. The molecule has 0 radical (unpaired) electrons. The van der Waals surface area contributed by atoms with Crippen LogP contribution in [0, 0.1) is 92.7 Å². The molecule has 0 spiro atoms. The molecule has 0 aliphatic rings. The van der Waals surface area contributed by atoms with Crippen LogP contribution >= 0.6 is 0 Å². The first kappa shape index (κ1) is 95.0. The van der Waals surface area contributed by atoms with Gasteiger partial charge in [0.1, 0.15) is 0 Å². The Kier molecular flexibility index (Phi) is 59.4. The topological polar surface area (TPSA) is 0 Å². The summed E-state index contributed by atoms with van der Waals surface area (Å²) in [6, 6.07) is 0. The molecule has 0 aromatic carbocycles. The lowest BCUT2D eigenvalue weighted by atomic mass is 9.30. The molecule has 572 valence electrons. The highest BCUT2D eigenvalue weighted by Crippen LogP contribution is 2.79. The first-order chi connectivity index (χ1) is 45.9. The van der Waals surface area contributed by atoms with E-state index in [-0.39, 0.29) is 21.7 Å². The normalized spacial score (nSPS) is 18.5. The van der Waals surface area contributed by atoms with Gasteiger partial charge in [0.25, 0.3) is 0 Å². The molecule has 0 aliphatic carbocycles. The predicted octanol–water partition coefficient (Wildman–Crippen LogP) is 35.0. The Bertz CT molecular complexity index is 1610. The van der Waals surface area contributed by atoms with Gasteiger partial charge in [-0.05, 0) is 157 Å². The Hall–Kier alpha value is 0. The third kappa shape index (κ3) is 34.9. The Morgan fingerprint density at radius 1 is 0.221 bits per heavy atom. The predicted molar refractivity (Wildman–Crippen MR) is 440 cm³/mol. The average Bonchev–Trinajstić information content (AvgIpc) is 0.677. The minimum Gasteiger partial charge on any atom is -0.0654 e. The Balaban J connectivity index is 12.2. The summed E-state index contributed by atoms with van der Waals surface area (Å²) >= 11 is 0.